The van der Waals surface area contributed by atoms with Crippen molar-refractivity contribution in [2.45, 2.75) is 29.5 Å². The fourth-order valence-corrected chi connectivity index (χ4v) is 3.10. The second-order valence-electron chi connectivity index (χ2n) is 3.59. The topological polar surface area (TPSA) is 42.9 Å². The molecule has 0 saturated carbocycles. The minimum atomic E-state index is 0.711. The summed E-state index contributed by atoms with van der Waals surface area (Å²) in [5.74, 6) is 0.859. The molecule has 3 nitrogen and oxygen atoms in total. The molecule has 0 fully saturated rings. The van der Waals surface area contributed by atoms with Gasteiger partial charge in [-0.2, -0.15) is 4.37 Å². The van der Waals surface area contributed by atoms with E-state index in [0.29, 0.717) is 5.56 Å². The van der Waals surface area contributed by atoms with Crippen LogP contribution in [0.1, 0.15) is 28.7 Å². The Morgan fingerprint density at radius 1 is 1.47 bits per heavy atom. The lowest BCUT2D eigenvalue weighted by Crippen LogP contribution is -1.87. The number of rotatable bonds is 4. The van der Waals surface area contributed by atoms with Gasteiger partial charge in [-0.05, 0) is 30.6 Å². The summed E-state index contributed by atoms with van der Waals surface area (Å²) in [6, 6.07) is 5.84. The number of carbonyl (C=O) groups excluding carboxylic acids is 1. The Morgan fingerprint density at radius 2 is 2.29 bits per heavy atom. The second kappa shape index (κ2) is 5.42. The van der Waals surface area contributed by atoms with Crippen LogP contribution in [0.2, 0.25) is 0 Å². The van der Waals surface area contributed by atoms with E-state index < -0.39 is 0 Å². The lowest BCUT2D eigenvalue weighted by Gasteiger charge is -2.02. The van der Waals surface area contributed by atoms with Gasteiger partial charge in [0, 0.05) is 16.9 Å². The molecule has 0 radical (unpaired) electrons. The van der Waals surface area contributed by atoms with E-state index in [9.17, 15) is 4.79 Å². The summed E-state index contributed by atoms with van der Waals surface area (Å²) in [6.07, 6.45) is 1.72. The average Bonchev–Trinajstić information content (AvgIpc) is 2.79. The molecule has 0 bridgehead atoms. The van der Waals surface area contributed by atoms with Gasteiger partial charge in [0.15, 0.2) is 10.6 Å². The summed E-state index contributed by atoms with van der Waals surface area (Å²) < 4.78 is 5.11. The highest BCUT2D eigenvalue weighted by molar-refractivity contribution is 8.01. The summed E-state index contributed by atoms with van der Waals surface area (Å²) >= 11 is 2.88. The quantitative estimate of drug-likeness (QED) is 0.794. The highest BCUT2D eigenvalue weighted by Gasteiger charge is 2.08. The number of aryl methyl sites for hydroxylation is 2. The molecule has 88 valence electrons. The zero-order valence-electron chi connectivity index (χ0n) is 9.64. The molecule has 0 N–H and O–H groups in total. The van der Waals surface area contributed by atoms with E-state index in [1.807, 2.05) is 32.0 Å². The van der Waals surface area contributed by atoms with E-state index in [-0.39, 0.29) is 0 Å². The third-order valence-electron chi connectivity index (χ3n) is 2.26. The fraction of sp³-hybridized carbons (Fsp3) is 0.250. The fourth-order valence-electron chi connectivity index (χ4n) is 1.37. The summed E-state index contributed by atoms with van der Waals surface area (Å²) in [4.78, 5) is 16.3. The van der Waals surface area contributed by atoms with Gasteiger partial charge in [0.25, 0.3) is 0 Å². The van der Waals surface area contributed by atoms with Crippen LogP contribution in [-0.2, 0) is 6.42 Å². The number of nitrogens with zero attached hydrogens (tertiary/aromatic N) is 2. The van der Waals surface area contributed by atoms with Gasteiger partial charge < -0.3 is 0 Å². The van der Waals surface area contributed by atoms with Crippen molar-refractivity contribution in [2.24, 2.45) is 0 Å². The van der Waals surface area contributed by atoms with Crippen molar-refractivity contribution in [3.05, 3.63) is 35.2 Å². The first-order chi connectivity index (χ1) is 8.22. The summed E-state index contributed by atoms with van der Waals surface area (Å²) in [5, 5.41) is 0. The Hall–Kier alpha value is -1.20. The maximum atomic E-state index is 11.0. The number of aromatic nitrogens is 2. The van der Waals surface area contributed by atoms with Gasteiger partial charge in [0.1, 0.15) is 5.82 Å². The van der Waals surface area contributed by atoms with Crippen LogP contribution in [0.4, 0.5) is 0 Å². The van der Waals surface area contributed by atoms with Gasteiger partial charge in [0.05, 0.1) is 0 Å². The first kappa shape index (κ1) is 12.3. The zero-order valence-corrected chi connectivity index (χ0v) is 11.3. The Balaban J connectivity index is 2.26. The molecule has 0 aliphatic heterocycles. The molecule has 17 heavy (non-hydrogen) atoms. The molecule has 0 saturated heterocycles. The number of benzene rings is 1. The maximum absolute atomic E-state index is 11.0. The van der Waals surface area contributed by atoms with Crippen LogP contribution in [0.5, 0.6) is 0 Å². The van der Waals surface area contributed by atoms with Crippen LogP contribution >= 0.6 is 23.3 Å². The second-order valence-corrected chi connectivity index (χ2v) is 5.63. The van der Waals surface area contributed by atoms with Gasteiger partial charge in [-0.25, -0.2) is 4.98 Å². The molecule has 2 aromatic rings. The minimum absolute atomic E-state index is 0.711. The van der Waals surface area contributed by atoms with Crippen LogP contribution in [0.25, 0.3) is 0 Å². The van der Waals surface area contributed by atoms with Crippen molar-refractivity contribution in [3.8, 4) is 0 Å². The van der Waals surface area contributed by atoms with E-state index in [4.69, 9.17) is 0 Å². The molecule has 0 aliphatic carbocycles. The normalized spacial score (nSPS) is 10.5. The highest BCUT2D eigenvalue weighted by Crippen LogP contribution is 2.31. The zero-order chi connectivity index (χ0) is 12.3. The summed E-state index contributed by atoms with van der Waals surface area (Å²) in [7, 11) is 0. The Bertz CT molecular complexity index is 537. The molecular weight excluding hydrogens is 252 g/mol. The molecular formula is C12H12N2OS2. The lowest BCUT2D eigenvalue weighted by atomic mass is 10.2. The van der Waals surface area contributed by atoms with Gasteiger partial charge >= 0.3 is 0 Å². The van der Waals surface area contributed by atoms with Crippen molar-refractivity contribution in [1.29, 1.82) is 0 Å². The number of hydrogen-bond donors (Lipinski definition) is 0. The predicted octanol–water partition coefficient (Wildman–Crippen LogP) is 3.37. The molecule has 2 rings (SSSR count). The third-order valence-corrected chi connectivity index (χ3v) is 4.14. The monoisotopic (exact) mass is 264 g/mol. The van der Waals surface area contributed by atoms with E-state index in [1.54, 1.807) is 0 Å². The minimum Gasteiger partial charge on any atom is -0.298 e. The molecule has 1 aromatic heterocycles. The lowest BCUT2D eigenvalue weighted by molar-refractivity contribution is 0.112. The van der Waals surface area contributed by atoms with E-state index >= 15 is 0 Å². The van der Waals surface area contributed by atoms with Crippen molar-refractivity contribution in [1.82, 2.24) is 9.36 Å². The van der Waals surface area contributed by atoms with Crippen molar-refractivity contribution in [2.75, 3.05) is 0 Å². The van der Waals surface area contributed by atoms with Crippen LogP contribution < -0.4 is 0 Å². The Morgan fingerprint density at radius 3 is 2.94 bits per heavy atom. The van der Waals surface area contributed by atoms with Crippen LogP contribution in [0, 0.1) is 6.92 Å². The Kier molecular flexibility index (Phi) is 3.91. The molecule has 0 unspecified atom stereocenters. The first-order valence-corrected chi connectivity index (χ1v) is 6.88. The van der Waals surface area contributed by atoms with Gasteiger partial charge in [0.2, 0.25) is 0 Å². The van der Waals surface area contributed by atoms with Crippen LogP contribution in [0.15, 0.2) is 27.4 Å². The molecule has 1 aromatic carbocycles. The maximum Gasteiger partial charge on any atom is 0.174 e. The number of hydrogen-bond acceptors (Lipinski definition) is 5. The molecule has 0 atom stereocenters. The van der Waals surface area contributed by atoms with Crippen LogP contribution in [-0.4, -0.2) is 15.6 Å². The molecule has 0 amide bonds. The van der Waals surface area contributed by atoms with Gasteiger partial charge in [-0.3, -0.25) is 4.79 Å². The third kappa shape index (κ3) is 2.92. The summed E-state index contributed by atoms with van der Waals surface area (Å²) in [5.41, 5.74) is 1.80. The number of carbonyl (C=O) groups is 1. The van der Waals surface area contributed by atoms with E-state index in [1.165, 1.54) is 23.3 Å². The van der Waals surface area contributed by atoms with Crippen molar-refractivity contribution < 1.29 is 4.79 Å². The van der Waals surface area contributed by atoms with Crippen molar-refractivity contribution in [3.63, 3.8) is 0 Å². The molecule has 0 aliphatic rings. The smallest absolute Gasteiger partial charge is 0.174 e. The predicted molar refractivity (Wildman–Crippen MR) is 70.0 cm³/mol. The van der Waals surface area contributed by atoms with Crippen LogP contribution in [0.3, 0.4) is 0 Å². The SMILES string of the molecule is CCc1nsc(Sc2ccc(C)cc2C=O)n1. The molecule has 0 spiro atoms. The van der Waals surface area contributed by atoms with E-state index in [2.05, 4.69) is 9.36 Å². The van der Waals surface area contributed by atoms with E-state index in [0.717, 1.165) is 33.3 Å². The highest BCUT2D eigenvalue weighted by atomic mass is 32.2. The standard InChI is InChI=1S/C12H12N2OS2/c1-3-11-13-12(17-14-11)16-10-5-4-8(2)6-9(10)7-15/h4-7H,3H2,1-2H3. The molecule has 1 heterocycles. The number of aldehydes is 1. The molecule has 5 heteroatoms. The van der Waals surface area contributed by atoms with Crippen molar-refractivity contribution >= 4 is 29.6 Å². The first-order valence-electron chi connectivity index (χ1n) is 5.29. The largest absolute Gasteiger partial charge is 0.298 e. The Labute approximate surface area is 108 Å². The van der Waals surface area contributed by atoms with Gasteiger partial charge in [-0.1, -0.05) is 30.3 Å². The van der Waals surface area contributed by atoms with Gasteiger partial charge in [-0.15, -0.1) is 0 Å². The summed E-state index contributed by atoms with van der Waals surface area (Å²) in [6.45, 7) is 4.00. The average molecular weight is 264 g/mol.